The van der Waals surface area contributed by atoms with Crippen LogP contribution in [0.2, 0.25) is 0 Å². The van der Waals surface area contributed by atoms with Gasteiger partial charge in [-0.15, -0.1) is 0 Å². The highest BCUT2D eigenvalue weighted by molar-refractivity contribution is 5.95. The zero-order valence-electron chi connectivity index (χ0n) is 15.9. The molecule has 2 aromatic heterocycles. The summed E-state index contributed by atoms with van der Waals surface area (Å²) in [6, 6.07) is 13.6. The van der Waals surface area contributed by atoms with Crippen molar-refractivity contribution in [3.05, 3.63) is 88.7 Å². The number of furan rings is 1. The van der Waals surface area contributed by atoms with Gasteiger partial charge in [0.25, 0.3) is 11.6 Å². The van der Waals surface area contributed by atoms with E-state index in [4.69, 9.17) is 4.42 Å². The van der Waals surface area contributed by atoms with Crippen molar-refractivity contribution in [1.29, 1.82) is 0 Å². The van der Waals surface area contributed by atoms with Crippen molar-refractivity contribution in [2.75, 3.05) is 7.05 Å². The third-order valence-corrected chi connectivity index (χ3v) is 4.96. The zero-order chi connectivity index (χ0) is 20.5. The minimum atomic E-state index is -0.505. The van der Waals surface area contributed by atoms with Crippen LogP contribution in [0.3, 0.4) is 0 Å². The number of para-hydroxylation sites is 1. The molecule has 1 amide bonds. The number of aromatic nitrogens is 2. The van der Waals surface area contributed by atoms with Crippen molar-refractivity contribution < 1.29 is 14.1 Å². The van der Waals surface area contributed by atoms with Gasteiger partial charge in [0, 0.05) is 36.5 Å². The summed E-state index contributed by atoms with van der Waals surface area (Å²) in [4.78, 5) is 29.5. The van der Waals surface area contributed by atoms with E-state index in [9.17, 15) is 14.9 Å². The van der Waals surface area contributed by atoms with E-state index in [0.717, 1.165) is 11.0 Å². The molecule has 0 saturated carbocycles. The molecule has 4 aromatic rings. The molecule has 2 heterocycles. The Bertz CT molecular complexity index is 1160. The standard InChI is InChI=1S/C21H18N4O4/c1-14(20-12-15-5-3-4-6-19(15)29-20)23(2)21(26)16-7-8-17(18(11-16)25(27)28)24-10-9-22-13-24/h3-14H,1-2H3. The maximum atomic E-state index is 13.0. The Kier molecular flexibility index (Phi) is 4.59. The molecular weight excluding hydrogens is 372 g/mol. The monoisotopic (exact) mass is 390 g/mol. The van der Waals surface area contributed by atoms with E-state index in [2.05, 4.69) is 4.98 Å². The zero-order valence-corrected chi connectivity index (χ0v) is 15.9. The van der Waals surface area contributed by atoms with Crippen molar-refractivity contribution in [1.82, 2.24) is 14.5 Å². The lowest BCUT2D eigenvalue weighted by molar-refractivity contribution is -0.384. The summed E-state index contributed by atoms with van der Waals surface area (Å²) in [7, 11) is 1.65. The molecule has 0 spiro atoms. The van der Waals surface area contributed by atoms with Crippen LogP contribution < -0.4 is 0 Å². The second-order valence-corrected chi connectivity index (χ2v) is 6.71. The van der Waals surface area contributed by atoms with E-state index in [1.807, 2.05) is 37.3 Å². The van der Waals surface area contributed by atoms with Gasteiger partial charge in [0.15, 0.2) is 0 Å². The number of rotatable bonds is 5. The molecule has 8 heteroatoms. The number of hydrogen-bond acceptors (Lipinski definition) is 5. The number of nitro benzene ring substituents is 1. The average molecular weight is 390 g/mol. The van der Waals surface area contributed by atoms with Crippen molar-refractivity contribution in [2.24, 2.45) is 0 Å². The number of carbonyl (C=O) groups is 1. The van der Waals surface area contributed by atoms with Crippen LogP contribution in [-0.4, -0.2) is 32.3 Å². The van der Waals surface area contributed by atoms with E-state index < -0.39 is 4.92 Å². The number of nitrogens with zero attached hydrogens (tertiary/aromatic N) is 4. The summed E-state index contributed by atoms with van der Waals surface area (Å²) < 4.78 is 7.39. The van der Waals surface area contributed by atoms with E-state index in [1.54, 1.807) is 25.4 Å². The molecule has 0 N–H and O–H groups in total. The summed E-state index contributed by atoms with van der Waals surface area (Å²) in [5.41, 5.74) is 1.15. The molecule has 1 atom stereocenters. The van der Waals surface area contributed by atoms with Crippen LogP contribution >= 0.6 is 0 Å². The lowest BCUT2D eigenvalue weighted by atomic mass is 10.1. The van der Waals surface area contributed by atoms with Crippen LogP contribution in [-0.2, 0) is 0 Å². The fourth-order valence-electron chi connectivity index (χ4n) is 3.20. The van der Waals surface area contributed by atoms with Crippen LogP contribution in [0.1, 0.15) is 29.1 Å². The third-order valence-electron chi connectivity index (χ3n) is 4.96. The molecule has 146 valence electrons. The maximum absolute atomic E-state index is 13.0. The first-order valence-corrected chi connectivity index (χ1v) is 8.98. The number of imidazole rings is 1. The molecule has 0 saturated heterocycles. The van der Waals surface area contributed by atoms with Gasteiger partial charge in [0.05, 0.1) is 17.3 Å². The lowest BCUT2D eigenvalue weighted by Gasteiger charge is -2.23. The number of nitro groups is 1. The Balaban J connectivity index is 1.64. The van der Waals surface area contributed by atoms with E-state index in [1.165, 1.54) is 28.1 Å². The van der Waals surface area contributed by atoms with Gasteiger partial charge in [-0.3, -0.25) is 14.9 Å². The smallest absolute Gasteiger partial charge is 0.294 e. The van der Waals surface area contributed by atoms with Gasteiger partial charge in [-0.2, -0.15) is 0 Å². The van der Waals surface area contributed by atoms with Crippen LogP contribution in [0.4, 0.5) is 5.69 Å². The largest absolute Gasteiger partial charge is 0.459 e. The molecular formula is C21H18N4O4. The summed E-state index contributed by atoms with van der Waals surface area (Å²) in [6.45, 7) is 1.85. The summed E-state index contributed by atoms with van der Waals surface area (Å²) in [6.07, 6.45) is 4.62. The SMILES string of the molecule is CC(c1cc2ccccc2o1)N(C)C(=O)c1ccc(-n2ccnc2)c([N+](=O)[O-])c1. The highest BCUT2D eigenvalue weighted by Gasteiger charge is 2.25. The molecule has 29 heavy (non-hydrogen) atoms. The molecule has 8 nitrogen and oxygen atoms in total. The highest BCUT2D eigenvalue weighted by Crippen LogP contribution is 2.29. The second kappa shape index (κ2) is 7.23. The number of hydrogen-bond donors (Lipinski definition) is 0. The van der Waals surface area contributed by atoms with E-state index in [-0.39, 0.29) is 23.2 Å². The predicted octanol–water partition coefficient (Wildman–Crippen LogP) is 4.36. The van der Waals surface area contributed by atoms with Gasteiger partial charge in [-0.25, -0.2) is 4.98 Å². The van der Waals surface area contributed by atoms with Gasteiger partial charge >= 0.3 is 0 Å². The van der Waals surface area contributed by atoms with E-state index in [0.29, 0.717) is 11.4 Å². The molecule has 4 rings (SSSR count). The minimum absolute atomic E-state index is 0.168. The van der Waals surface area contributed by atoms with Gasteiger partial charge in [-0.05, 0) is 31.2 Å². The third kappa shape index (κ3) is 3.36. The van der Waals surface area contributed by atoms with Crippen molar-refractivity contribution >= 4 is 22.6 Å². The average Bonchev–Trinajstić information content (AvgIpc) is 3.41. The Morgan fingerprint density at radius 3 is 2.72 bits per heavy atom. The summed E-state index contributed by atoms with van der Waals surface area (Å²) in [5, 5.41) is 12.5. The summed E-state index contributed by atoms with van der Waals surface area (Å²) >= 11 is 0. The minimum Gasteiger partial charge on any atom is -0.459 e. The van der Waals surface area contributed by atoms with Gasteiger partial charge in [0.2, 0.25) is 0 Å². The molecule has 0 bridgehead atoms. The van der Waals surface area contributed by atoms with Crippen LogP contribution in [0.5, 0.6) is 0 Å². The number of benzene rings is 2. The lowest BCUT2D eigenvalue weighted by Crippen LogP contribution is -2.29. The topological polar surface area (TPSA) is 94.4 Å². The van der Waals surface area contributed by atoms with Gasteiger partial charge in [0.1, 0.15) is 17.0 Å². The Morgan fingerprint density at radius 1 is 1.24 bits per heavy atom. The Hall–Kier alpha value is -3.94. The normalized spacial score (nSPS) is 12.1. The van der Waals surface area contributed by atoms with Gasteiger partial charge < -0.3 is 13.9 Å². The van der Waals surface area contributed by atoms with Crippen molar-refractivity contribution in [3.63, 3.8) is 0 Å². The first-order valence-electron chi connectivity index (χ1n) is 8.98. The molecule has 0 aliphatic carbocycles. The number of fused-ring (bicyclic) bond motifs is 1. The van der Waals surface area contributed by atoms with Crippen molar-refractivity contribution in [3.8, 4) is 5.69 Å². The number of amides is 1. The highest BCUT2D eigenvalue weighted by atomic mass is 16.6. The van der Waals surface area contributed by atoms with Crippen LogP contribution in [0.25, 0.3) is 16.7 Å². The fourth-order valence-corrected chi connectivity index (χ4v) is 3.20. The second-order valence-electron chi connectivity index (χ2n) is 6.71. The number of carbonyl (C=O) groups excluding carboxylic acids is 1. The predicted molar refractivity (Wildman–Crippen MR) is 107 cm³/mol. The first-order chi connectivity index (χ1) is 14.0. The maximum Gasteiger partial charge on any atom is 0.294 e. The van der Waals surface area contributed by atoms with Crippen LogP contribution in [0, 0.1) is 10.1 Å². The quantitative estimate of drug-likeness (QED) is 0.373. The molecule has 2 aromatic carbocycles. The molecule has 0 aliphatic heterocycles. The molecule has 0 radical (unpaired) electrons. The summed E-state index contributed by atoms with van der Waals surface area (Å²) in [5.74, 6) is 0.310. The Labute approximate surface area is 166 Å². The van der Waals surface area contributed by atoms with Gasteiger partial charge in [-0.1, -0.05) is 18.2 Å². The molecule has 0 fully saturated rings. The molecule has 1 unspecified atom stereocenters. The van der Waals surface area contributed by atoms with Crippen LogP contribution in [0.15, 0.2) is 71.7 Å². The molecule has 0 aliphatic rings. The Morgan fingerprint density at radius 2 is 2.03 bits per heavy atom. The fraction of sp³-hybridized carbons (Fsp3) is 0.143. The first kappa shape index (κ1) is 18.4. The van der Waals surface area contributed by atoms with Crippen molar-refractivity contribution in [2.45, 2.75) is 13.0 Å². The van der Waals surface area contributed by atoms with E-state index >= 15 is 0 Å².